The number of nitrogens with zero attached hydrogens (tertiary/aromatic N) is 3. The number of nitrogens with one attached hydrogen (secondary N) is 1. The lowest BCUT2D eigenvalue weighted by molar-refractivity contribution is -0.113. The Balaban J connectivity index is 1.50. The second kappa shape index (κ2) is 8.93. The number of anilines is 1. The van der Waals surface area contributed by atoms with Crippen molar-refractivity contribution < 1.29 is 13.9 Å². The number of thioether (sulfide) groups is 1. The first-order valence-corrected chi connectivity index (χ1v) is 11.0. The fourth-order valence-corrected chi connectivity index (χ4v) is 4.23. The lowest BCUT2D eigenvalue weighted by Gasteiger charge is -2.09. The molecule has 0 unspecified atom stereocenters. The number of hydrogen-bond donors (Lipinski definition) is 1. The Morgan fingerprint density at radius 1 is 1.23 bits per heavy atom. The van der Waals surface area contributed by atoms with Crippen molar-refractivity contribution in [3.8, 4) is 17.3 Å². The minimum absolute atomic E-state index is 0.148. The van der Waals surface area contributed by atoms with Gasteiger partial charge < -0.3 is 14.5 Å². The maximum Gasteiger partial charge on any atom is 0.234 e. The van der Waals surface area contributed by atoms with Crippen molar-refractivity contribution in [1.82, 2.24) is 14.8 Å². The molecular weight excluding hydrogens is 468 g/mol. The number of benzene rings is 2. The number of rotatable bonds is 7. The Labute approximate surface area is 185 Å². The average molecular weight is 487 g/mol. The van der Waals surface area contributed by atoms with Gasteiger partial charge in [-0.15, -0.1) is 10.2 Å². The standard InChI is InChI=1S/C21H19BrN4O3S/c1-3-26-20(18-11-13-10-14(22)8-9-16(13)29-18)24-25-21(26)30-12-19(27)23-15-6-4-5-7-17(15)28-2/h4-11H,3,12H2,1-2H3,(H,23,27). The van der Waals surface area contributed by atoms with Crippen LogP contribution in [0.2, 0.25) is 0 Å². The molecule has 0 aliphatic rings. The summed E-state index contributed by atoms with van der Waals surface area (Å²) in [5.74, 6) is 1.94. The molecule has 0 spiro atoms. The van der Waals surface area contributed by atoms with Crippen molar-refractivity contribution >= 4 is 50.3 Å². The molecule has 2 aromatic carbocycles. The van der Waals surface area contributed by atoms with Crippen LogP contribution < -0.4 is 10.1 Å². The summed E-state index contributed by atoms with van der Waals surface area (Å²) in [6, 6.07) is 15.1. The fraction of sp³-hybridized carbons (Fsp3) is 0.190. The molecule has 0 radical (unpaired) electrons. The molecule has 2 aromatic heterocycles. The zero-order valence-electron chi connectivity index (χ0n) is 16.4. The van der Waals surface area contributed by atoms with Gasteiger partial charge in [0.05, 0.1) is 18.6 Å². The average Bonchev–Trinajstić information content (AvgIpc) is 3.35. The van der Waals surface area contributed by atoms with Crippen molar-refractivity contribution in [1.29, 1.82) is 0 Å². The van der Waals surface area contributed by atoms with Gasteiger partial charge in [0, 0.05) is 16.4 Å². The van der Waals surface area contributed by atoms with Gasteiger partial charge in [-0.3, -0.25) is 9.36 Å². The molecule has 1 N–H and O–H groups in total. The molecule has 4 aromatic rings. The Morgan fingerprint density at radius 3 is 2.87 bits per heavy atom. The van der Waals surface area contributed by atoms with Gasteiger partial charge in [-0.25, -0.2) is 0 Å². The number of hydrogen-bond acceptors (Lipinski definition) is 6. The van der Waals surface area contributed by atoms with Gasteiger partial charge in [-0.05, 0) is 43.3 Å². The summed E-state index contributed by atoms with van der Waals surface area (Å²) in [4.78, 5) is 12.4. The Kier molecular flexibility index (Phi) is 6.10. The van der Waals surface area contributed by atoms with Crippen LogP contribution in [-0.2, 0) is 11.3 Å². The van der Waals surface area contributed by atoms with E-state index in [-0.39, 0.29) is 11.7 Å². The van der Waals surface area contributed by atoms with Gasteiger partial charge in [0.25, 0.3) is 0 Å². The number of carbonyl (C=O) groups is 1. The molecular formula is C21H19BrN4O3S. The van der Waals surface area contributed by atoms with E-state index in [2.05, 4.69) is 31.4 Å². The Bertz CT molecular complexity index is 1200. The van der Waals surface area contributed by atoms with E-state index in [9.17, 15) is 4.79 Å². The van der Waals surface area contributed by atoms with Crippen molar-refractivity contribution in [2.45, 2.75) is 18.6 Å². The summed E-state index contributed by atoms with van der Waals surface area (Å²) in [7, 11) is 1.57. The van der Waals surface area contributed by atoms with E-state index in [0.29, 0.717) is 34.7 Å². The number of ether oxygens (including phenoxy) is 1. The molecule has 0 saturated heterocycles. The minimum Gasteiger partial charge on any atom is -0.495 e. The smallest absolute Gasteiger partial charge is 0.234 e. The van der Waals surface area contributed by atoms with Gasteiger partial charge >= 0.3 is 0 Å². The quantitative estimate of drug-likeness (QED) is 0.361. The van der Waals surface area contributed by atoms with E-state index in [0.717, 1.165) is 15.4 Å². The highest BCUT2D eigenvalue weighted by atomic mass is 79.9. The van der Waals surface area contributed by atoms with Gasteiger partial charge in [-0.1, -0.05) is 39.8 Å². The summed E-state index contributed by atoms with van der Waals surface area (Å²) in [6.45, 7) is 2.66. The highest BCUT2D eigenvalue weighted by Crippen LogP contribution is 2.31. The Morgan fingerprint density at radius 2 is 2.07 bits per heavy atom. The minimum atomic E-state index is -0.148. The topological polar surface area (TPSA) is 82.2 Å². The van der Waals surface area contributed by atoms with E-state index in [1.807, 2.05) is 47.9 Å². The lowest BCUT2D eigenvalue weighted by Crippen LogP contribution is -2.15. The molecule has 9 heteroatoms. The van der Waals surface area contributed by atoms with Gasteiger partial charge in [0.15, 0.2) is 10.9 Å². The lowest BCUT2D eigenvalue weighted by atomic mass is 10.2. The summed E-state index contributed by atoms with van der Waals surface area (Å²) in [6.07, 6.45) is 0. The molecule has 2 heterocycles. The van der Waals surface area contributed by atoms with Gasteiger partial charge in [0.1, 0.15) is 11.3 Å². The van der Waals surface area contributed by atoms with Crippen molar-refractivity contribution in [2.24, 2.45) is 0 Å². The first kappa shape index (κ1) is 20.5. The van der Waals surface area contributed by atoms with Crippen LogP contribution in [0.4, 0.5) is 5.69 Å². The summed E-state index contributed by atoms with van der Waals surface area (Å²) < 4.78 is 14.1. The summed E-state index contributed by atoms with van der Waals surface area (Å²) in [5.41, 5.74) is 1.42. The summed E-state index contributed by atoms with van der Waals surface area (Å²) >= 11 is 4.80. The second-order valence-electron chi connectivity index (χ2n) is 6.38. The van der Waals surface area contributed by atoms with Crippen LogP contribution in [0, 0.1) is 0 Å². The molecule has 0 bridgehead atoms. The number of amides is 1. The molecule has 1 amide bonds. The van der Waals surface area contributed by atoms with Gasteiger partial charge in [-0.2, -0.15) is 0 Å². The van der Waals surface area contributed by atoms with E-state index in [1.54, 1.807) is 19.2 Å². The van der Waals surface area contributed by atoms with Crippen LogP contribution in [0.3, 0.4) is 0 Å². The predicted octanol–water partition coefficient (Wildman–Crippen LogP) is 5.21. The predicted molar refractivity (Wildman–Crippen MR) is 121 cm³/mol. The largest absolute Gasteiger partial charge is 0.495 e. The molecule has 30 heavy (non-hydrogen) atoms. The molecule has 0 aliphatic heterocycles. The van der Waals surface area contributed by atoms with Gasteiger partial charge in [0.2, 0.25) is 11.7 Å². The first-order valence-electron chi connectivity index (χ1n) is 9.27. The number of aromatic nitrogens is 3. The highest BCUT2D eigenvalue weighted by molar-refractivity contribution is 9.10. The van der Waals surface area contributed by atoms with E-state index >= 15 is 0 Å². The maximum absolute atomic E-state index is 12.4. The van der Waals surface area contributed by atoms with E-state index < -0.39 is 0 Å². The molecule has 154 valence electrons. The summed E-state index contributed by atoms with van der Waals surface area (Å²) in [5, 5.41) is 13.1. The van der Waals surface area contributed by atoms with Crippen LogP contribution in [-0.4, -0.2) is 33.5 Å². The molecule has 0 saturated carbocycles. The molecule has 0 aliphatic carbocycles. The highest BCUT2D eigenvalue weighted by Gasteiger charge is 2.18. The van der Waals surface area contributed by atoms with Crippen LogP contribution in [0.25, 0.3) is 22.6 Å². The number of furan rings is 1. The number of methoxy groups -OCH3 is 1. The van der Waals surface area contributed by atoms with Crippen LogP contribution >= 0.6 is 27.7 Å². The van der Waals surface area contributed by atoms with Crippen LogP contribution in [0.5, 0.6) is 5.75 Å². The molecule has 0 atom stereocenters. The number of halogens is 1. The first-order chi connectivity index (χ1) is 14.6. The van der Waals surface area contributed by atoms with Crippen LogP contribution in [0.1, 0.15) is 6.92 Å². The third-order valence-electron chi connectivity index (χ3n) is 4.45. The van der Waals surface area contributed by atoms with Crippen molar-refractivity contribution in [3.05, 3.63) is 53.0 Å². The van der Waals surface area contributed by atoms with Crippen LogP contribution in [0.15, 0.2) is 62.6 Å². The number of para-hydroxylation sites is 2. The SMILES string of the molecule is CCn1c(SCC(=O)Nc2ccccc2OC)nnc1-c1cc2cc(Br)ccc2o1. The van der Waals surface area contributed by atoms with E-state index in [1.165, 1.54) is 11.8 Å². The Hall–Kier alpha value is -2.78. The van der Waals surface area contributed by atoms with Crippen molar-refractivity contribution in [2.75, 3.05) is 18.2 Å². The zero-order chi connectivity index (χ0) is 21.1. The molecule has 0 fully saturated rings. The number of fused-ring (bicyclic) bond motifs is 1. The third-order valence-corrected chi connectivity index (χ3v) is 5.91. The fourth-order valence-electron chi connectivity index (χ4n) is 3.05. The second-order valence-corrected chi connectivity index (χ2v) is 8.24. The van der Waals surface area contributed by atoms with Crippen molar-refractivity contribution in [3.63, 3.8) is 0 Å². The molecule has 7 nitrogen and oxygen atoms in total. The monoisotopic (exact) mass is 486 g/mol. The third kappa shape index (κ3) is 4.22. The number of carbonyl (C=O) groups excluding carboxylic acids is 1. The normalized spacial score (nSPS) is 11.0. The molecule has 4 rings (SSSR count). The van der Waals surface area contributed by atoms with E-state index in [4.69, 9.17) is 9.15 Å². The zero-order valence-corrected chi connectivity index (χ0v) is 18.8. The maximum atomic E-state index is 12.4.